The molecule has 0 spiro atoms. The summed E-state index contributed by atoms with van der Waals surface area (Å²) < 4.78 is 5.21. The van der Waals surface area contributed by atoms with Crippen molar-refractivity contribution in [2.24, 2.45) is 0 Å². The molecule has 0 unspecified atom stereocenters. The second-order valence-electron chi connectivity index (χ2n) is 3.03. The summed E-state index contributed by atoms with van der Waals surface area (Å²) in [6.07, 6.45) is 2.85. The van der Waals surface area contributed by atoms with Gasteiger partial charge in [0.05, 0.1) is 11.5 Å². The van der Waals surface area contributed by atoms with E-state index in [0.29, 0.717) is 24.9 Å². The first kappa shape index (κ1) is 11.9. The van der Waals surface area contributed by atoms with Crippen LogP contribution in [0.3, 0.4) is 0 Å². The smallest absolute Gasteiger partial charge is 0.310 e. The Kier molecular flexibility index (Phi) is 4.20. The zero-order valence-electron chi connectivity index (χ0n) is 8.59. The number of nitro groups is 1. The van der Waals surface area contributed by atoms with Crippen LogP contribution in [0, 0.1) is 10.1 Å². The van der Waals surface area contributed by atoms with E-state index in [0.717, 1.165) is 0 Å². The van der Waals surface area contributed by atoms with E-state index in [1.165, 1.54) is 18.2 Å². The molecular weight excluding hydrogens is 210 g/mol. The van der Waals surface area contributed by atoms with Crippen LogP contribution in [0.4, 0.5) is 5.69 Å². The van der Waals surface area contributed by atoms with Gasteiger partial charge in [-0.3, -0.25) is 14.9 Å². The highest BCUT2D eigenvalue weighted by Crippen LogP contribution is 2.27. The fraction of sp³-hybridized carbons (Fsp3) is 0.182. The van der Waals surface area contributed by atoms with Gasteiger partial charge in [-0.25, -0.2) is 0 Å². The van der Waals surface area contributed by atoms with Crippen molar-refractivity contribution in [1.82, 2.24) is 0 Å². The number of hydrogen-bond acceptors (Lipinski definition) is 4. The summed E-state index contributed by atoms with van der Waals surface area (Å²) in [5.74, 6) is 0.108. The van der Waals surface area contributed by atoms with Crippen LogP contribution in [0.2, 0.25) is 0 Å². The third kappa shape index (κ3) is 2.91. The molecule has 5 heteroatoms. The maximum Gasteiger partial charge on any atom is 0.310 e. The molecule has 84 valence electrons. The van der Waals surface area contributed by atoms with Crippen molar-refractivity contribution in [3.8, 4) is 5.75 Å². The first-order valence-electron chi connectivity index (χ1n) is 4.66. The van der Waals surface area contributed by atoms with Gasteiger partial charge in [-0.15, -0.1) is 6.58 Å². The maximum atomic E-state index is 10.7. The van der Waals surface area contributed by atoms with E-state index in [4.69, 9.17) is 4.74 Å². The molecule has 1 aromatic rings. The van der Waals surface area contributed by atoms with E-state index in [9.17, 15) is 14.9 Å². The summed E-state index contributed by atoms with van der Waals surface area (Å²) in [5.41, 5.74) is 0.203. The van der Waals surface area contributed by atoms with Crippen LogP contribution >= 0.6 is 0 Å². The highest BCUT2D eigenvalue weighted by Gasteiger charge is 2.15. The number of rotatable bonds is 6. The van der Waals surface area contributed by atoms with Gasteiger partial charge in [-0.2, -0.15) is 0 Å². The molecular formula is C11H11NO4. The molecule has 0 radical (unpaired) electrons. The van der Waals surface area contributed by atoms with Crippen molar-refractivity contribution in [1.29, 1.82) is 0 Å². The van der Waals surface area contributed by atoms with Crippen LogP contribution < -0.4 is 4.74 Å². The van der Waals surface area contributed by atoms with Gasteiger partial charge in [0.1, 0.15) is 6.29 Å². The molecule has 0 heterocycles. The normalized spacial score (nSPS) is 9.50. The fourth-order valence-corrected chi connectivity index (χ4v) is 1.12. The van der Waals surface area contributed by atoms with Gasteiger partial charge >= 0.3 is 5.69 Å². The second-order valence-corrected chi connectivity index (χ2v) is 3.03. The molecule has 0 aliphatic rings. The molecule has 5 nitrogen and oxygen atoms in total. The van der Waals surface area contributed by atoms with E-state index in [2.05, 4.69) is 6.58 Å². The van der Waals surface area contributed by atoms with Crippen LogP contribution in [-0.2, 0) is 0 Å². The molecule has 16 heavy (non-hydrogen) atoms. The number of benzene rings is 1. The Bertz CT molecular complexity index is 414. The summed E-state index contributed by atoms with van der Waals surface area (Å²) in [6.45, 7) is 3.81. The summed E-state index contributed by atoms with van der Waals surface area (Å²) >= 11 is 0. The summed E-state index contributed by atoms with van der Waals surface area (Å²) in [5, 5.41) is 10.7. The molecule has 0 N–H and O–H groups in total. The Morgan fingerprint density at radius 1 is 1.50 bits per heavy atom. The van der Waals surface area contributed by atoms with Gasteiger partial charge in [-0.05, 0) is 18.6 Å². The standard InChI is InChI=1S/C11H11NO4/c1-2-3-6-16-11-7-9(8-13)4-5-10(11)12(14)15/h2,4-5,7-8H,1,3,6H2. The average Bonchev–Trinajstić information content (AvgIpc) is 2.29. The lowest BCUT2D eigenvalue weighted by Gasteiger charge is -2.05. The number of carbonyl (C=O) groups excluding carboxylic acids is 1. The van der Waals surface area contributed by atoms with Crippen molar-refractivity contribution in [3.05, 3.63) is 46.5 Å². The quantitative estimate of drug-likeness (QED) is 0.243. The zero-order chi connectivity index (χ0) is 12.0. The van der Waals surface area contributed by atoms with Crippen LogP contribution in [-0.4, -0.2) is 17.8 Å². The topological polar surface area (TPSA) is 69.4 Å². The molecule has 1 rings (SSSR count). The van der Waals surface area contributed by atoms with Crippen molar-refractivity contribution in [3.63, 3.8) is 0 Å². The molecule has 0 aromatic heterocycles. The van der Waals surface area contributed by atoms with Gasteiger partial charge in [0.15, 0.2) is 5.75 Å². The number of nitrogens with zero attached hydrogens (tertiary/aromatic N) is 1. The van der Waals surface area contributed by atoms with Gasteiger partial charge in [0, 0.05) is 11.6 Å². The van der Waals surface area contributed by atoms with Gasteiger partial charge in [-0.1, -0.05) is 6.08 Å². The van der Waals surface area contributed by atoms with Gasteiger partial charge in [0.25, 0.3) is 0 Å². The zero-order valence-corrected chi connectivity index (χ0v) is 8.59. The molecule has 0 saturated carbocycles. The van der Waals surface area contributed by atoms with Crippen LogP contribution in [0.25, 0.3) is 0 Å². The Hall–Kier alpha value is -2.17. The van der Waals surface area contributed by atoms with Crippen molar-refractivity contribution >= 4 is 12.0 Å². The Morgan fingerprint density at radius 3 is 2.81 bits per heavy atom. The number of carbonyl (C=O) groups is 1. The lowest BCUT2D eigenvalue weighted by Crippen LogP contribution is -2.00. The van der Waals surface area contributed by atoms with Crippen LogP contribution in [0.15, 0.2) is 30.9 Å². The maximum absolute atomic E-state index is 10.7. The molecule has 0 aliphatic carbocycles. The molecule has 0 amide bonds. The Balaban J connectivity index is 2.95. The van der Waals surface area contributed by atoms with Crippen molar-refractivity contribution < 1.29 is 14.5 Å². The van der Waals surface area contributed by atoms with Crippen LogP contribution in [0.5, 0.6) is 5.75 Å². The highest BCUT2D eigenvalue weighted by molar-refractivity contribution is 5.76. The molecule has 0 fully saturated rings. The minimum Gasteiger partial charge on any atom is -0.486 e. The highest BCUT2D eigenvalue weighted by atomic mass is 16.6. The number of hydrogen-bond donors (Lipinski definition) is 0. The van der Waals surface area contributed by atoms with Gasteiger partial charge in [0.2, 0.25) is 0 Å². The number of ether oxygens (including phenoxy) is 1. The lowest BCUT2D eigenvalue weighted by atomic mass is 10.2. The SMILES string of the molecule is C=CCCOc1cc(C=O)ccc1[N+](=O)[O-]. The first-order valence-corrected chi connectivity index (χ1v) is 4.66. The Morgan fingerprint density at radius 2 is 2.25 bits per heavy atom. The third-order valence-corrected chi connectivity index (χ3v) is 1.90. The van der Waals surface area contributed by atoms with Crippen molar-refractivity contribution in [2.75, 3.05) is 6.61 Å². The Labute approximate surface area is 92.5 Å². The summed E-state index contributed by atoms with van der Waals surface area (Å²) in [7, 11) is 0. The minimum atomic E-state index is -0.544. The molecule has 0 aliphatic heterocycles. The molecule has 0 atom stereocenters. The largest absolute Gasteiger partial charge is 0.486 e. The summed E-state index contributed by atoms with van der Waals surface area (Å²) in [4.78, 5) is 20.7. The van der Waals surface area contributed by atoms with E-state index < -0.39 is 4.92 Å². The monoisotopic (exact) mass is 221 g/mol. The third-order valence-electron chi connectivity index (χ3n) is 1.90. The van der Waals surface area contributed by atoms with E-state index >= 15 is 0 Å². The fourth-order valence-electron chi connectivity index (χ4n) is 1.12. The van der Waals surface area contributed by atoms with Gasteiger partial charge < -0.3 is 4.74 Å². The molecule has 0 saturated heterocycles. The predicted octanol–water partition coefficient (Wildman–Crippen LogP) is 2.36. The van der Waals surface area contributed by atoms with E-state index in [1.54, 1.807) is 6.08 Å². The average molecular weight is 221 g/mol. The number of aldehydes is 1. The van der Waals surface area contributed by atoms with Crippen LogP contribution in [0.1, 0.15) is 16.8 Å². The van der Waals surface area contributed by atoms with E-state index in [1.807, 2.05) is 0 Å². The van der Waals surface area contributed by atoms with Crippen molar-refractivity contribution in [2.45, 2.75) is 6.42 Å². The second kappa shape index (κ2) is 5.65. The molecule has 1 aromatic carbocycles. The minimum absolute atomic E-state index is 0.108. The first-order chi connectivity index (χ1) is 7.69. The lowest BCUT2D eigenvalue weighted by molar-refractivity contribution is -0.385. The summed E-state index contributed by atoms with van der Waals surface area (Å²) in [6, 6.07) is 3.99. The van der Waals surface area contributed by atoms with E-state index in [-0.39, 0.29) is 11.4 Å². The number of nitro benzene ring substituents is 1. The molecule has 0 bridgehead atoms. The predicted molar refractivity (Wildman–Crippen MR) is 58.8 cm³/mol.